The Hall–Kier alpha value is -3.02. The van der Waals surface area contributed by atoms with Crippen molar-refractivity contribution in [3.63, 3.8) is 0 Å². The molecule has 1 fully saturated rings. The van der Waals surface area contributed by atoms with Gasteiger partial charge in [-0.25, -0.2) is 22.5 Å². The van der Waals surface area contributed by atoms with E-state index >= 15 is 0 Å². The minimum atomic E-state index is -2.73. The number of nitrogens with zero attached hydrogens (tertiary/aromatic N) is 2. The van der Waals surface area contributed by atoms with Crippen molar-refractivity contribution in [2.75, 3.05) is 18.4 Å². The number of nitrogens with two attached hydrogens (primary N) is 1. The van der Waals surface area contributed by atoms with Crippen molar-refractivity contribution in [3.05, 3.63) is 64.9 Å². The molecule has 0 saturated carbocycles. The quantitative estimate of drug-likeness (QED) is 0.362. The smallest absolute Gasteiger partial charge is 0.260 e. The molecule has 192 valence electrons. The minimum Gasteiger partial charge on any atom is -0.386 e. The molecule has 1 amide bonds. The molecule has 0 spiro atoms. The third-order valence-electron chi connectivity index (χ3n) is 5.90. The number of anilines is 2. The number of rotatable bonds is 7. The number of piperidine rings is 1. The van der Waals surface area contributed by atoms with E-state index in [1.165, 1.54) is 19.9 Å². The Kier molecular flexibility index (Phi) is 7.09. The standard InChI is InChI=1S/C25H26F4N4O2S/c1-24(2,35)14-9-17(26)21(18(27)10-14)19-11-16(22(30)34)23(36-19)32-20-6-3-5-15(31-20)12-33-8-4-7-25(28,29)13-33/h3,5-6,9-11,35H,4,7-8,12-13H2,1-2H3,(H2,30,34)(H,31,32). The maximum atomic E-state index is 14.9. The van der Waals surface area contributed by atoms with Crippen LogP contribution >= 0.6 is 11.3 Å². The molecular formula is C25H26F4N4O2S. The summed E-state index contributed by atoms with van der Waals surface area (Å²) >= 11 is 0.915. The lowest BCUT2D eigenvalue weighted by Gasteiger charge is -2.32. The Bertz CT molecular complexity index is 1270. The van der Waals surface area contributed by atoms with Crippen molar-refractivity contribution in [2.45, 2.75) is 44.8 Å². The first-order valence-corrected chi connectivity index (χ1v) is 12.1. The highest BCUT2D eigenvalue weighted by Crippen LogP contribution is 2.40. The normalized spacial score (nSPS) is 16.2. The summed E-state index contributed by atoms with van der Waals surface area (Å²) in [6.45, 7) is 3.26. The first-order chi connectivity index (χ1) is 16.8. The van der Waals surface area contributed by atoms with Crippen LogP contribution in [0.1, 0.15) is 48.3 Å². The molecule has 1 aliphatic heterocycles. The van der Waals surface area contributed by atoms with E-state index in [-0.39, 0.29) is 46.1 Å². The van der Waals surface area contributed by atoms with E-state index in [1.807, 2.05) is 0 Å². The first kappa shape index (κ1) is 26.1. The lowest BCUT2D eigenvalue weighted by molar-refractivity contribution is -0.0663. The first-order valence-electron chi connectivity index (χ1n) is 11.3. The van der Waals surface area contributed by atoms with Gasteiger partial charge in [-0.2, -0.15) is 0 Å². The predicted molar refractivity (Wildman–Crippen MR) is 130 cm³/mol. The minimum absolute atomic E-state index is 0.0169. The van der Waals surface area contributed by atoms with Crippen LogP contribution in [0.2, 0.25) is 0 Å². The number of pyridine rings is 1. The van der Waals surface area contributed by atoms with Crippen LogP contribution in [0.4, 0.5) is 28.4 Å². The van der Waals surface area contributed by atoms with Crippen LogP contribution in [0.15, 0.2) is 36.4 Å². The van der Waals surface area contributed by atoms with Crippen molar-refractivity contribution in [2.24, 2.45) is 5.73 Å². The molecule has 11 heteroatoms. The number of nitrogens with one attached hydrogen (secondary N) is 1. The maximum absolute atomic E-state index is 14.9. The summed E-state index contributed by atoms with van der Waals surface area (Å²) in [5, 5.41) is 13.3. The largest absolute Gasteiger partial charge is 0.386 e. The fourth-order valence-electron chi connectivity index (χ4n) is 4.12. The topological polar surface area (TPSA) is 91.5 Å². The number of aliphatic hydroxyl groups is 1. The zero-order chi connectivity index (χ0) is 26.3. The number of aromatic nitrogens is 1. The Balaban J connectivity index is 1.61. The van der Waals surface area contributed by atoms with Crippen LogP contribution in [-0.2, 0) is 12.1 Å². The monoisotopic (exact) mass is 522 g/mol. The number of carbonyl (C=O) groups is 1. The van der Waals surface area contributed by atoms with Gasteiger partial charge >= 0.3 is 0 Å². The Morgan fingerprint density at radius 3 is 2.56 bits per heavy atom. The zero-order valence-corrected chi connectivity index (χ0v) is 20.6. The van der Waals surface area contributed by atoms with Gasteiger partial charge in [-0.3, -0.25) is 9.69 Å². The van der Waals surface area contributed by atoms with Crippen LogP contribution in [0, 0.1) is 11.6 Å². The van der Waals surface area contributed by atoms with Gasteiger partial charge in [0.1, 0.15) is 22.5 Å². The molecule has 1 saturated heterocycles. The summed E-state index contributed by atoms with van der Waals surface area (Å²) in [6.07, 6.45) is 0.269. The number of alkyl halides is 2. The van der Waals surface area contributed by atoms with Crippen LogP contribution in [0.3, 0.4) is 0 Å². The molecule has 6 nitrogen and oxygen atoms in total. The highest BCUT2D eigenvalue weighted by atomic mass is 32.1. The average Bonchev–Trinajstić information content (AvgIpc) is 3.15. The molecular weight excluding hydrogens is 496 g/mol. The van der Waals surface area contributed by atoms with Gasteiger partial charge in [-0.05, 0) is 62.7 Å². The zero-order valence-electron chi connectivity index (χ0n) is 19.7. The molecule has 1 aliphatic rings. The third kappa shape index (κ3) is 5.85. The van der Waals surface area contributed by atoms with Crippen LogP contribution in [0.5, 0.6) is 0 Å². The SMILES string of the molecule is CC(C)(O)c1cc(F)c(-c2cc(C(N)=O)c(Nc3cccc(CN4CCCC(F)(F)C4)n3)s2)c(F)c1. The van der Waals surface area contributed by atoms with Crippen LogP contribution < -0.4 is 11.1 Å². The summed E-state index contributed by atoms with van der Waals surface area (Å²) in [7, 11) is 0. The van der Waals surface area contributed by atoms with E-state index in [0.717, 1.165) is 23.5 Å². The van der Waals surface area contributed by atoms with Gasteiger partial charge < -0.3 is 16.2 Å². The molecule has 0 aliphatic carbocycles. The Morgan fingerprint density at radius 2 is 1.94 bits per heavy atom. The van der Waals surface area contributed by atoms with E-state index < -0.39 is 29.1 Å². The summed E-state index contributed by atoms with van der Waals surface area (Å²) in [5.74, 6) is -5.00. The second-order valence-corrected chi connectivity index (χ2v) is 10.5. The predicted octanol–water partition coefficient (Wildman–Crippen LogP) is 5.39. The molecule has 1 aromatic carbocycles. The van der Waals surface area contributed by atoms with Crippen molar-refractivity contribution >= 4 is 28.1 Å². The number of carbonyl (C=O) groups excluding carboxylic acids is 1. The molecule has 0 radical (unpaired) electrons. The number of halogens is 4. The number of hydrogen-bond donors (Lipinski definition) is 3. The van der Waals surface area contributed by atoms with E-state index in [0.29, 0.717) is 24.5 Å². The van der Waals surface area contributed by atoms with Gasteiger partial charge in [-0.1, -0.05) is 6.07 Å². The summed E-state index contributed by atoms with van der Waals surface area (Å²) in [5.41, 5.74) is 4.35. The van der Waals surface area contributed by atoms with Crippen molar-refractivity contribution < 1.29 is 27.5 Å². The Morgan fingerprint density at radius 1 is 1.25 bits per heavy atom. The van der Waals surface area contributed by atoms with Crippen molar-refractivity contribution in [3.8, 4) is 10.4 Å². The lowest BCUT2D eigenvalue weighted by Crippen LogP contribution is -2.42. The fourth-order valence-corrected chi connectivity index (χ4v) is 5.23. The maximum Gasteiger partial charge on any atom is 0.260 e. The Labute approximate surface area is 209 Å². The number of benzene rings is 1. The second kappa shape index (κ2) is 9.79. The number of likely N-dealkylation sites (tertiary alicyclic amines) is 1. The second-order valence-electron chi connectivity index (χ2n) is 9.40. The van der Waals surface area contributed by atoms with Gasteiger partial charge in [0.15, 0.2) is 0 Å². The molecule has 3 heterocycles. The van der Waals surface area contributed by atoms with E-state index in [4.69, 9.17) is 5.73 Å². The number of primary amides is 1. The molecule has 4 N–H and O–H groups in total. The van der Waals surface area contributed by atoms with E-state index in [9.17, 15) is 27.5 Å². The highest BCUT2D eigenvalue weighted by Gasteiger charge is 2.35. The molecule has 36 heavy (non-hydrogen) atoms. The van der Waals surface area contributed by atoms with E-state index in [1.54, 1.807) is 23.1 Å². The van der Waals surface area contributed by atoms with Gasteiger partial charge in [0.2, 0.25) is 0 Å². The molecule has 3 aromatic rings. The summed E-state index contributed by atoms with van der Waals surface area (Å²) in [6, 6.07) is 8.41. The molecule has 4 rings (SSSR count). The highest BCUT2D eigenvalue weighted by molar-refractivity contribution is 7.20. The van der Waals surface area contributed by atoms with Gasteiger partial charge in [0.05, 0.1) is 29.0 Å². The molecule has 0 bridgehead atoms. The fraction of sp³-hybridized carbons (Fsp3) is 0.360. The van der Waals surface area contributed by atoms with Crippen molar-refractivity contribution in [1.29, 1.82) is 0 Å². The lowest BCUT2D eigenvalue weighted by atomic mass is 9.96. The molecule has 0 unspecified atom stereocenters. The number of hydrogen-bond acceptors (Lipinski definition) is 6. The summed E-state index contributed by atoms with van der Waals surface area (Å²) < 4.78 is 57.2. The number of thiophene rings is 1. The molecule has 2 aromatic heterocycles. The van der Waals surface area contributed by atoms with E-state index in [2.05, 4.69) is 10.3 Å². The van der Waals surface area contributed by atoms with Gasteiger partial charge in [0, 0.05) is 17.8 Å². The summed E-state index contributed by atoms with van der Waals surface area (Å²) in [4.78, 5) is 18.3. The average molecular weight is 523 g/mol. The van der Waals surface area contributed by atoms with Gasteiger partial charge in [0.25, 0.3) is 11.8 Å². The van der Waals surface area contributed by atoms with Crippen LogP contribution in [-0.4, -0.2) is 39.9 Å². The van der Waals surface area contributed by atoms with Crippen molar-refractivity contribution in [1.82, 2.24) is 9.88 Å². The van der Waals surface area contributed by atoms with Gasteiger partial charge in [-0.15, -0.1) is 11.3 Å². The molecule has 0 atom stereocenters. The van der Waals surface area contributed by atoms with Crippen LogP contribution in [0.25, 0.3) is 10.4 Å². The number of amides is 1. The third-order valence-corrected chi connectivity index (χ3v) is 6.97.